The number of hydrogen-bond acceptors (Lipinski definition) is 4. The first-order chi connectivity index (χ1) is 8.06. The van der Waals surface area contributed by atoms with E-state index >= 15 is 0 Å². The molecule has 0 radical (unpaired) electrons. The van der Waals surface area contributed by atoms with Crippen molar-refractivity contribution < 1.29 is 9.90 Å². The van der Waals surface area contributed by atoms with Crippen molar-refractivity contribution in [2.75, 3.05) is 5.32 Å². The van der Waals surface area contributed by atoms with Crippen molar-refractivity contribution in [3.8, 4) is 0 Å². The minimum absolute atomic E-state index is 0.253. The number of hydrogen-bond donors (Lipinski definition) is 2. The maximum Gasteiger partial charge on any atom is 0.337 e. The van der Waals surface area contributed by atoms with Crippen LogP contribution >= 0.6 is 11.3 Å². The number of thiazole rings is 1. The van der Waals surface area contributed by atoms with Crippen LogP contribution in [0.4, 0.5) is 10.8 Å². The summed E-state index contributed by atoms with van der Waals surface area (Å²) in [5.41, 5.74) is 2.75. The molecule has 1 aromatic carbocycles. The first-order valence-electron chi connectivity index (χ1n) is 5.09. The second-order valence-corrected chi connectivity index (χ2v) is 4.63. The van der Waals surface area contributed by atoms with E-state index in [1.165, 1.54) is 11.3 Å². The number of nitrogens with zero attached hydrogens (tertiary/aromatic N) is 1. The molecule has 0 unspecified atom stereocenters. The van der Waals surface area contributed by atoms with Crippen LogP contribution in [-0.4, -0.2) is 16.1 Å². The molecular formula is C12H12N2O2S. The van der Waals surface area contributed by atoms with Gasteiger partial charge in [0.25, 0.3) is 0 Å². The Hall–Kier alpha value is -1.88. The molecule has 0 atom stereocenters. The third kappa shape index (κ3) is 2.62. The van der Waals surface area contributed by atoms with Crippen LogP contribution in [0.5, 0.6) is 0 Å². The van der Waals surface area contributed by atoms with Crippen LogP contribution in [0.1, 0.15) is 21.6 Å². The van der Waals surface area contributed by atoms with Crippen LogP contribution < -0.4 is 5.32 Å². The summed E-state index contributed by atoms with van der Waals surface area (Å²) in [6.45, 7) is 3.82. The fraction of sp³-hybridized carbons (Fsp3) is 0.167. The van der Waals surface area contributed by atoms with Gasteiger partial charge in [0, 0.05) is 5.38 Å². The Labute approximate surface area is 103 Å². The van der Waals surface area contributed by atoms with Gasteiger partial charge in [0.15, 0.2) is 5.13 Å². The Morgan fingerprint density at radius 2 is 2.18 bits per heavy atom. The standard InChI is InChI=1S/C12H12N2O2S/c1-7-3-4-9(11(15)16)10(5-7)14-12-13-8(2)6-17-12/h3-6H,1-2H3,(H,13,14)(H,15,16). The van der Waals surface area contributed by atoms with Crippen LogP contribution in [0.15, 0.2) is 23.6 Å². The fourth-order valence-electron chi connectivity index (χ4n) is 1.47. The van der Waals surface area contributed by atoms with Crippen molar-refractivity contribution in [2.45, 2.75) is 13.8 Å². The Morgan fingerprint density at radius 3 is 2.76 bits per heavy atom. The molecule has 0 aliphatic rings. The number of rotatable bonds is 3. The molecule has 5 heteroatoms. The van der Waals surface area contributed by atoms with Gasteiger partial charge < -0.3 is 10.4 Å². The average molecular weight is 248 g/mol. The molecule has 1 aromatic heterocycles. The van der Waals surface area contributed by atoms with Crippen molar-refractivity contribution in [1.82, 2.24) is 4.98 Å². The van der Waals surface area contributed by atoms with Crippen molar-refractivity contribution in [1.29, 1.82) is 0 Å². The Bertz CT molecular complexity index is 563. The van der Waals surface area contributed by atoms with Crippen LogP contribution in [0, 0.1) is 13.8 Å². The molecule has 2 N–H and O–H groups in total. The maximum atomic E-state index is 11.1. The van der Waals surface area contributed by atoms with E-state index in [-0.39, 0.29) is 5.56 Å². The van der Waals surface area contributed by atoms with E-state index in [9.17, 15) is 4.79 Å². The number of aryl methyl sites for hydroxylation is 2. The molecule has 0 aliphatic heterocycles. The molecule has 2 rings (SSSR count). The molecule has 0 saturated carbocycles. The fourth-order valence-corrected chi connectivity index (χ4v) is 2.18. The smallest absolute Gasteiger partial charge is 0.337 e. The number of aromatic nitrogens is 1. The summed E-state index contributed by atoms with van der Waals surface area (Å²) >= 11 is 1.46. The molecule has 0 spiro atoms. The number of carbonyl (C=O) groups is 1. The summed E-state index contributed by atoms with van der Waals surface area (Å²) in [6.07, 6.45) is 0. The number of nitrogens with one attached hydrogen (secondary N) is 1. The zero-order chi connectivity index (χ0) is 12.4. The van der Waals surface area contributed by atoms with Gasteiger partial charge in [-0.1, -0.05) is 6.07 Å². The number of benzene rings is 1. The zero-order valence-electron chi connectivity index (χ0n) is 9.52. The summed E-state index contributed by atoms with van der Waals surface area (Å²) in [5, 5.41) is 14.7. The molecule has 0 amide bonds. The highest BCUT2D eigenvalue weighted by molar-refractivity contribution is 7.13. The summed E-state index contributed by atoms with van der Waals surface area (Å²) in [5.74, 6) is -0.944. The van der Waals surface area contributed by atoms with Gasteiger partial charge in [-0.15, -0.1) is 11.3 Å². The number of carboxylic acid groups (broad SMARTS) is 1. The first kappa shape index (κ1) is 11.6. The lowest BCUT2D eigenvalue weighted by molar-refractivity contribution is 0.0698. The molecule has 4 nitrogen and oxygen atoms in total. The van der Waals surface area contributed by atoms with Crippen LogP contribution in [-0.2, 0) is 0 Å². The topological polar surface area (TPSA) is 62.2 Å². The third-order valence-electron chi connectivity index (χ3n) is 2.27. The predicted molar refractivity (Wildman–Crippen MR) is 68.3 cm³/mol. The van der Waals surface area contributed by atoms with Crippen LogP contribution in [0.3, 0.4) is 0 Å². The lowest BCUT2D eigenvalue weighted by Gasteiger charge is -2.07. The van der Waals surface area contributed by atoms with Crippen molar-refractivity contribution in [3.05, 3.63) is 40.4 Å². The summed E-state index contributed by atoms with van der Waals surface area (Å²) < 4.78 is 0. The Kier molecular flexibility index (Phi) is 3.10. The lowest BCUT2D eigenvalue weighted by Crippen LogP contribution is -2.02. The molecule has 17 heavy (non-hydrogen) atoms. The number of aromatic carboxylic acids is 1. The molecule has 0 aliphatic carbocycles. The summed E-state index contributed by atoms with van der Waals surface area (Å²) in [6, 6.07) is 5.18. The van der Waals surface area contributed by atoms with Gasteiger partial charge in [-0.3, -0.25) is 0 Å². The van der Waals surface area contributed by atoms with Gasteiger partial charge in [-0.05, 0) is 31.5 Å². The second kappa shape index (κ2) is 4.55. The van der Waals surface area contributed by atoms with Crippen LogP contribution in [0.25, 0.3) is 0 Å². The van der Waals surface area contributed by atoms with Crippen LogP contribution in [0.2, 0.25) is 0 Å². The number of anilines is 2. The van der Waals surface area contributed by atoms with E-state index in [2.05, 4.69) is 10.3 Å². The minimum atomic E-state index is -0.944. The largest absolute Gasteiger partial charge is 0.478 e. The van der Waals surface area contributed by atoms with E-state index < -0.39 is 5.97 Å². The van der Waals surface area contributed by atoms with E-state index in [0.717, 1.165) is 11.3 Å². The number of carboxylic acids is 1. The minimum Gasteiger partial charge on any atom is -0.478 e. The monoisotopic (exact) mass is 248 g/mol. The highest BCUT2D eigenvalue weighted by Gasteiger charge is 2.11. The predicted octanol–water partition coefficient (Wildman–Crippen LogP) is 3.20. The van der Waals surface area contributed by atoms with E-state index in [0.29, 0.717) is 10.8 Å². The van der Waals surface area contributed by atoms with E-state index in [4.69, 9.17) is 5.11 Å². The van der Waals surface area contributed by atoms with Gasteiger partial charge in [0.05, 0.1) is 16.9 Å². The maximum absolute atomic E-state index is 11.1. The second-order valence-electron chi connectivity index (χ2n) is 3.77. The van der Waals surface area contributed by atoms with Gasteiger partial charge in [-0.25, -0.2) is 9.78 Å². The molecule has 88 valence electrons. The summed E-state index contributed by atoms with van der Waals surface area (Å²) in [7, 11) is 0. The molecule has 1 heterocycles. The van der Waals surface area contributed by atoms with Gasteiger partial charge in [0.1, 0.15) is 0 Å². The first-order valence-corrected chi connectivity index (χ1v) is 5.97. The molecule has 0 fully saturated rings. The van der Waals surface area contributed by atoms with Crippen molar-refractivity contribution in [3.63, 3.8) is 0 Å². The lowest BCUT2D eigenvalue weighted by atomic mass is 10.1. The Balaban J connectivity index is 2.37. The SMILES string of the molecule is Cc1ccc(C(=O)O)c(Nc2nc(C)cs2)c1. The molecule has 0 bridgehead atoms. The van der Waals surface area contributed by atoms with E-state index in [1.807, 2.05) is 19.2 Å². The normalized spacial score (nSPS) is 10.2. The average Bonchev–Trinajstić information content (AvgIpc) is 2.63. The quantitative estimate of drug-likeness (QED) is 0.875. The highest BCUT2D eigenvalue weighted by Crippen LogP contribution is 2.24. The summed E-state index contributed by atoms with van der Waals surface area (Å²) in [4.78, 5) is 15.3. The van der Waals surface area contributed by atoms with E-state index in [1.54, 1.807) is 18.2 Å². The highest BCUT2D eigenvalue weighted by atomic mass is 32.1. The van der Waals surface area contributed by atoms with Crippen molar-refractivity contribution >= 4 is 28.1 Å². The van der Waals surface area contributed by atoms with Gasteiger partial charge >= 0.3 is 5.97 Å². The third-order valence-corrected chi connectivity index (χ3v) is 3.14. The molecule has 2 aromatic rings. The van der Waals surface area contributed by atoms with Gasteiger partial charge in [0.2, 0.25) is 0 Å². The van der Waals surface area contributed by atoms with Gasteiger partial charge in [-0.2, -0.15) is 0 Å². The Morgan fingerprint density at radius 1 is 1.41 bits per heavy atom. The molecule has 0 saturated heterocycles. The van der Waals surface area contributed by atoms with Crippen molar-refractivity contribution in [2.24, 2.45) is 0 Å². The zero-order valence-corrected chi connectivity index (χ0v) is 10.3. The molecular weight excluding hydrogens is 236 g/mol.